The van der Waals surface area contributed by atoms with E-state index in [1.807, 2.05) is 6.92 Å². The van der Waals surface area contributed by atoms with Crippen LogP contribution in [0.25, 0.3) is 10.1 Å². The van der Waals surface area contributed by atoms with Gasteiger partial charge in [0.15, 0.2) is 0 Å². The first-order valence-corrected chi connectivity index (χ1v) is 6.31. The number of thiophene rings is 1. The Morgan fingerprint density at radius 1 is 1.47 bits per heavy atom. The van der Waals surface area contributed by atoms with E-state index in [2.05, 4.69) is 15.9 Å². The summed E-state index contributed by atoms with van der Waals surface area (Å²) in [5.41, 5.74) is 7.66. The molecule has 1 nitrogen and oxygen atoms in total. The van der Waals surface area contributed by atoms with Crippen LogP contribution < -0.4 is 5.73 Å². The third kappa shape index (κ3) is 1.94. The third-order valence-corrected chi connectivity index (χ3v) is 4.52. The van der Waals surface area contributed by atoms with E-state index >= 15 is 0 Å². The molecule has 0 atom stereocenters. The van der Waals surface area contributed by atoms with Crippen molar-refractivity contribution in [3.05, 3.63) is 32.9 Å². The molecular formula is C11H11BrFNS. The van der Waals surface area contributed by atoms with Gasteiger partial charge in [-0.1, -0.05) is 0 Å². The van der Waals surface area contributed by atoms with Crippen molar-refractivity contribution in [1.29, 1.82) is 0 Å². The number of halogens is 2. The molecule has 0 fully saturated rings. The highest BCUT2D eigenvalue weighted by atomic mass is 79.9. The number of fused-ring (bicyclic) bond motifs is 1. The van der Waals surface area contributed by atoms with Gasteiger partial charge in [-0.3, -0.25) is 0 Å². The SMILES string of the molecule is Cc1cc(F)cc2c(CCN)c(Br)sc12. The minimum Gasteiger partial charge on any atom is -0.330 e. The van der Waals surface area contributed by atoms with Crippen molar-refractivity contribution in [2.45, 2.75) is 13.3 Å². The van der Waals surface area contributed by atoms with Crippen molar-refractivity contribution in [2.75, 3.05) is 6.54 Å². The summed E-state index contributed by atoms with van der Waals surface area (Å²) in [5.74, 6) is -0.177. The van der Waals surface area contributed by atoms with E-state index < -0.39 is 0 Å². The zero-order valence-corrected chi connectivity index (χ0v) is 10.7. The van der Waals surface area contributed by atoms with E-state index in [-0.39, 0.29) is 5.82 Å². The number of aryl methyl sites for hydroxylation is 1. The number of nitrogens with two attached hydrogens (primary N) is 1. The van der Waals surface area contributed by atoms with Gasteiger partial charge < -0.3 is 5.73 Å². The second kappa shape index (κ2) is 4.20. The van der Waals surface area contributed by atoms with Gasteiger partial charge in [-0.05, 0) is 59.1 Å². The zero-order chi connectivity index (χ0) is 11.0. The predicted octanol–water partition coefficient (Wildman–Crippen LogP) is 3.61. The molecule has 2 aromatic rings. The molecule has 0 aliphatic rings. The molecule has 2 rings (SSSR count). The van der Waals surface area contributed by atoms with Gasteiger partial charge in [-0.15, -0.1) is 11.3 Å². The summed E-state index contributed by atoms with van der Waals surface area (Å²) in [6, 6.07) is 3.16. The van der Waals surface area contributed by atoms with Crippen LogP contribution in [0.15, 0.2) is 15.9 Å². The average molecular weight is 288 g/mol. The molecule has 1 aromatic carbocycles. The van der Waals surface area contributed by atoms with E-state index in [4.69, 9.17) is 5.73 Å². The van der Waals surface area contributed by atoms with Crippen molar-refractivity contribution < 1.29 is 4.39 Å². The van der Waals surface area contributed by atoms with Gasteiger partial charge in [0.25, 0.3) is 0 Å². The number of hydrogen-bond donors (Lipinski definition) is 1. The molecule has 0 spiro atoms. The molecule has 1 aromatic heterocycles. The number of hydrogen-bond acceptors (Lipinski definition) is 2. The number of benzene rings is 1. The summed E-state index contributed by atoms with van der Waals surface area (Å²) in [6.45, 7) is 2.51. The first kappa shape index (κ1) is 11.0. The molecule has 0 aliphatic heterocycles. The zero-order valence-electron chi connectivity index (χ0n) is 8.31. The van der Waals surface area contributed by atoms with Gasteiger partial charge in [-0.2, -0.15) is 0 Å². The molecule has 0 saturated carbocycles. The summed E-state index contributed by atoms with van der Waals surface area (Å²) in [7, 11) is 0. The minimum atomic E-state index is -0.177. The maximum absolute atomic E-state index is 13.3. The molecule has 0 unspecified atom stereocenters. The van der Waals surface area contributed by atoms with Crippen LogP contribution in [0.1, 0.15) is 11.1 Å². The average Bonchev–Trinajstić information content (AvgIpc) is 2.46. The van der Waals surface area contributed by atoms with E-state index in [1.54, 1.807) is 23.5 Å². The topological polar surface area (TPSA) is 26.0 Å². The molecule has 0 radical (unpaired) electrons. The highest BCUT2D eigenvalue weighted by Gasteiger charge is 2.12. The Morgan fingerprint density at radius 3 is 2.87 bits per heavy atom. The van der Waals surface area contributed by atoms with Crippen molar-refractivity contribution in [1.82, 2.24) is 0 Å². The largest absolute Gasteiger partial charge is 0.330 e. The lowest BCUT2D eigenvalue weighted by molar-refractivity contribution is 0.628. The maximum Gasteiger partial charge on any atom is 0.124 e. The lowest BCUT2D eigenvalue weighted by Crippen LogP contribution is -2.02. The molecule has 2 N–H and O–H groups in total. The Hall–Kier alpha value is -0.450. The Labute approximate surface area is 100 Å². The van der Waals surface area contributed by atoms with Crippen molar-refractivity contribution in [2.24, 2.45) is 5.73 Å². The fourth-order valence-electron chi connectivity index (χ4n) is 1.72. The molecule has 0 amide bonds. The van der Waals surface area contributed by atoms with Crippen LogP contribution in [0.2, 0.25) is 0 Å². The lowest BCUT2D eigenvalue weighted by atomic mass is 10.1. The van der Waals surface area contributed by atoms with Gasteiger partial charge in [0.2, 0.25) is 0 Å². The van der Waals surface area contributed by atoms with Crippen LogP contribution >= 0.6 is 27.3 Å². The molecule has 15 heavy (non-hydrogen) atoms. The first-order valence-electron chi connectivity index (χ1n) is 4.70. The van der Waals surface area contributed by atoms with Crippen molar-refractivity contribution >= 4 is 37.4 Å². The monoisotopic (exact) mass is 287 g/mol. The molecule has 1 heterocycles. The Balaban J connectivity index is 2.74. The smallest absolute Gasteiger partial charge is 0.124 e. The number of rotatable bonds is 2. The Kier molecular flexibility index (Phi) is 3.09. The van der Waals surface area contributed by atoms with Crippen LogP contribution in [0, 0.1) is 12.7 Å². The first-order chi connectivity index (χ1) is 7.13. The molecule has 0 saturated heterocycles. The van der Waals surface area contributed by atoms with E-state index in [0.29, 0.717) is 6.54 Å². The molecule has 0 aliphatic carbocycles. The summed E-state index contributed by atoms with van der Waals surface area (Å²) in [5, 5.41) is 0.995. The van der Waals surface area contributed by atoms with Crippen molar-refractivity contribution in [3.63, 3.8) is 0 Å². The third-order valence-electron chi connectivity index (χ3n) is 2.39. The van der Waals surface area contributed by atoms with Crippen LogP contribution in [-0.2, 0) is 6.42 Å². The summed E-state index contributed by atoms with van der Waals surface area (Å²) in [6.07, 6.45) is 0.781. The molecule has 0 bridgehead atoms. The summed E-state index contributed by atoms with van der Waals surface area (Å²) < 4.78 is 15.5. The fraction of sp³-hybridized carbons (Fsp3) is 0.273. The van der Waals surface area contributed by atoms with Gasteiger partial charge in [0.05, 0.1) is 3.79 Å². The van der Waals surface area contributed by atoms with Gasteiger partial charge in [-0.25, -0.2) is 4.39 Å². The quantitative estimate of drug-likeness (QED) is 0.897. The van der Waals surface area contributed by atoms with E-state index in [9.17, 15) is 4.39 Å². The fourth-order valence-corrected chi connectivity index (χ4v) is 3.65. The second-order valence-corrected chi connectivity index (χ2v) is 5.83. The van der Waals surface area contributed by atoms with Crippen LogP contribution in [0.4, 0.5) is 4.39 Å². The standard InChI is InChI=1S/C11H11BrFNS/c1-6-4-7(13)5-9-8(2-3-14)11(12)15-10(6)9/h4-5H,2-3,14H2,1H3. The van der Waals surface area contributed by atoms with Crippen molar-refractivity contribution in [3.8, 4) is 0 Å². The molecular weight excluding hydrogens is 277 g/mol. The van der Waals surface area contributed by atoms with Crippen LogP contribution in [-0.4, -0.2) is 6.54 Å². The second-order valence-electron chi connectivity index (χ2n) is 3.49. The normalized spacial score (nSPS) is 11.2. The molecule has 4 heteroatoms. The van der Waals surface area contributed by atoms with Gasteiger partial charge in [0, 0.05) is 10.1 Å². The minimum absolute atomic E-state index is 0.177. The van der Waals surface area contributed by atoms with E-state index in [0.717, 1.165) is 31.4 Å². The lowest BCUT2D eigenvalue weighted by Gasteiger charge is -1.99. The van der Waals surface area contributed by atoms with Crippen LogP contribution in [0.3, 0.4) is 0 Å². The summed E-state index contributed by atoms with van der Waals surface area (Å²) in [4.78, 5) is 0. The maximum atomic E-state index is 13.3. The highest BCUT2D eigenvalue weighted by molar-refractivity contribution is 9.11. The van der Waals surface area contributed by atoms with Gasteiger partial charge in [0.1, 0.15) is 5.82 Å². The van der Waals surface area contributed by atoms with Gasteiger partial charge >= 0.3 is 0 Å². The Bertz CT molecular complexity index is 507. The summed E-state index contributed by atoms with van der Waals surface area (Å²) >= 11 is 5.16. The highest BCUT2D eigenvalue weighted by Crippen LogP contribution is 2.37. The molecule has 80 valence electrons. The predicted molar refractivity (Wildman–Crippen MR) is 67.0 cm³/mol. The van der Waals surface area contributed by atoms with Crippen LogP contribution in [0.5, 0.6) is 0 Å². The Morgan fingerprint density at radius 2 is 2.20 bits per heavy atom. The van der Waals surface area contributed by atoms with E-state index in [1.165, 1.54) is 0 Å².